The Bertz CT molecular complexity index is 1040. The fourth-order valence-corrected chi connectivity index (χ4v) is 4.70. The van der Waals surface area contributed by atoms with Crippen LogP contribution in [0.5, 0.6) is 0 Å². The van der Waals surface area contributed by atoms with Crippen LogP contribution in [-0.2, 0) is 14.8 Å². The summed E-state index contributed by atoms with van der Waals surface area (Å²) >= 11 is 0. The molecule has 0 radical (unpaired) electrons. The first-order chi connectivity index (χ1) is 14.8. The van der Waals surface area contributed by atoms with Gasteiger partial charge in [0.05, 0.1) is 9.82 Å². The standard InChI is InChI=1S/C20H23FN4O5S/c21-15-5-7-17(8-6-15)31(29,30)23-16-10-13-24(14-11-16)20(26)9-12-22-18-3-1-2-4-19(18)25(27)28/h1-8,16,22-23H,9-14H2. The third kappa shape index (κ3) is 5.98. The lowest BCUT2D eigenvalue weighted by Crippen LogP contribution is -2.46. The van der Waals surface area contributed by atoms with Crippen LogP contribution in [0.1, 0.15) is 19.3 Å². The monoisotopic (exact) mass is 450 g/mol. The number of hydrogen-bond acceptors (Lipinski definition) is 6. The van der Waals surface area contributed by atoms with Gasteiger partial charge in [0.2, 0.25) is 15.9 Å². The van der Waals surface area contributed by atoms with Crippen LogP contribution >= 0.6 is 0 Å². The summed E-state index contributed by atoms with van der Waals surface area (Å²) in [5.74, 6) is -0.618. The molecule has 1 amide bonds. The van der Waals surface area contributed by atoms with Gasteiger partial charge in [-0.15, -0.1) is 0 Å². The summed E-state index contributed by atoms with van der Waals surface area (Å²) in [4.78, 5) is 24.6. The minimum Gasteiger partial charge on any atom is -0.379 e. The fraction of sp³-hybridized carbons (Fsp3) is 0.350. The molecule has 9 nitrogen and oxygen atoms in total. The average Bonchev–Trinajstić information content (AvgIpc) is 2.74. The lowest BCUT2D eigenvalue weighted by molar-refractivity contribution is -0.384. The third-order valence-corrected chi connectivity index (χ3v) is 6.58. The number of piperidine rings is 1. The van der Waals surface area contributed by atoms with E-state index in [1.165, 1.54) is 18.2 Å². The summed E-state index contributed by atoms with van der Waals surface area (Å²) in [6.07, 6.45) is 1.09. The number of nitro groups is 1. The molecule has 1 saturated heterocycles. The zero-order valence-corrected chi connectivity index (χ0v) is 17.5. The van der Waals surface area contributed by atoms with Crippen LogP contribution in [0.15, 0.2) is 53.4 Å². The number of halogens is 1. The number of rotatable bonds is 8. The number of para-hydroxylation sites is 2. The number of nitrogens with zero attached hydrogens (tertiary/aromatic N) is 2. The van der Waals surface area contributed by atoms with Crippen LogP contribution in [0.3, 0.4) is 0 Å². The summed E-state index contributed by atoms with van der Waals surface area (Å²) in [6.45, 7) is 1.06. The van der Waals surface area contributed by atoms with Gasteiger partial charge in [0, 0.05) is 38.2 Å². The average molecular weight is 450 g/mol. The molecule has 1 aliphatic rings. The number of benzene rings is 2. The molecule has 11 heteroatoms. The van der Waals surface area contributed by atoms with Crippen molar-refractivity contribution in [3.05, 3.63) is 64.5 Å². The van der Waals surface area contributed by atoms with Crippen LogP contribution in [0.25, 0.3) is 0 Å². The summed E-state index contributed by atoms with van der Waals surface area (Å²) < 4.78 is 40.4. The number of nitrogens with one attached hydrogen (secondary N) is 2. The van der Waals surface area contributed by atoms with Crippen molar-refractivity contribution in [2.24, 2.45) is 0 Å². The Morgan fingerprint density at radius 1 is 1.13 bits per heavy atom. The van der Waals surface area contributed by atoms with Crippen molar-refractivity contribution < 1.29 is 22.5 Å². The lowest BCUT2D eigenvalue weighted by atomic mass is 10.1. The smallest absolute Gasteiger partial charge is 0.292 e. The van der Waals surface area contributed by atoms with Crippen molar-refractivity contribution in [3.63, 3.8) is 0 Å². The molecular formula is C20H23FN4O5S. The largest absolute Gasteiger partial charge is 0.379 e. The van der Waals surface area contributed by atoms with E-state index < -0.39 is 20.8 Å². The molecule has 0 saturated carbocycles. The molecule has 2 N–H and O–H groups in total. The van der Waals surface area contributed by atoms with Crippen LogP contribution < -0.4 is 10.0 Å². The number of likely N-dealkylation sites (tertiary alicyclic amines) is 1. The SMILES string of the molecule is O=C(CCNc1ccccc1[N+](=O)[O-])N1CCC(NS(=O)(=O)c2ccc(F)cc2)CC1. The Morgan fingerprint density at radius 3 is 2.42 bits per heavy atom. The van der Waals surface area contributed by atoms with Crippen molar-refractivity contribution in [2.45, 2.75) is 30.2 Å². The number of carbonyl (C=O) groups excluding carboxylic acids is 1. The van der Waals surface area contributed by atoms with Crippen LogP contribution in [0, 0.1) is 15.9 Å². The minimum atomic E-state index is -3.76. The molecule has 2 aromatic carbocycles. The quantitative estimate of drug-likeness (QED) is 0.471. The Labute approximate surface area is 179 Å². The van der Waals surface area contributed by atoms with E-state index >= 15 is 0 Å². The van der Waals surface area contributed by atoms with Crippen molar-refractivity contribution in [1.29, 1.82) is 0 Å². The maximum absolute atomic E-state index is 13.0. The molecule has 0 unspecified atom stereocenters. The summed E-state index contributed by atoms with van der Waals surface area (Å²) in [5, 5.41) is 13.9. The Kier molecular flexibility index (Phi) is 7.18. The Hall–Kier alpha value is -3.05. The second-order valence-corrected chi connectivity index (χ2v) is 8.90. The van der Waals surface area contributed by atoms with Gasteiger partial charge < -0.3 is 10.2 Å². The second-order valence-electron chi connectivity index (χ2n) is 7.18. The molecular weight excluding hydrogens is 427 g/mol. The van der Waals surface area contributed by atoms with Crippen LogP contribution in [0.2, 0.25) is 0 Å². The van der Waals surface area contributed by atoms with Crippen LogP contribution in [0.4, 0.5) is 15.8 Å². The number of nitro benzene ring substituents is 1. The molecule has 0 bridgehead atoms. The van der Waals surface area contributed by atoms with E-state index in [9.17, 15) is 27.7 Å². The topological polar surface area (TPSA) is 122 Å². The summed E-state index contributed by atoms with van der Waals surface area (Å²) in [7, 11) is -3.76. The summed E-state index contributed by atoms with van der Waals surface area (Å²) in [5.41, 5.74) is 0.304. The van der Waals surface area contributed by atoms with E-state index in [0.29, 0.717) is 31.6 Å². The predicted molar refractivity (Wildman–Crippen MR) is 113 cm³/mol. The molecule has 166 valence electrons. The fourth-order valence-electron chi connectivity index (χ4n) is 3.39. The van der Waals surface area contributed by atoms with Crippen molar-refractivity contribution in [1.82, 2.24) is 9.62 Å². The lowest BCUT2D eigenvalue weighted by Gasteiger charge is -2.32. The highest BCUT2D eigenvalue weighted by molar-refractivity contribution is 7.89. The highest BCUT2D eigenvalue weighted by Crippen LogP contribution is 2.23. The van der Waals surface area contributed by atoms with Gasteiger partial charge in [0.15, 0.2) is 0 Å². The van der Waals surface area contributed by atoms with Gasteiger partial charge in [0.1, 0.15) is 11.5 Å². The van der Waals surface area contributed by atoms with Gasteiger partial charge in [0.25, 0.3) is 5.69 Å². The van der Waals surface area contributed by atoms with Gasteiger partial charge in [-0.1, -0.05) is 12.1 Å². The van der Waals surface area contributed by atoms with E-state index in [1.54, 1.807) is 23.1 Å². The number of sulfonamides is 1. The number of carbonyl (C=O) groups is 1. The normalized spacial score (nSPS) is 14.9. The second kappa shape index (κ2) is 9.84. The minimum absolute atomic E-state index is 0.00603. The first-order valence-electron chi connectivity index (χ1n) is 9.79. The first kappa shape index (κ1) is 22.6. The zero-order valence-electron chi connectivity index (χ0n) is 16.7. The Balaban J connectivity index is 1.46. The van der Waals surface area contributed by atoms with Crippen molar-refractivity contribution in [3.8, 4) is 0 Å². The molecule has 1 fully saturated rings. The number of hydrogen-bond donors (Lipinski definition) is 2. The predicted octanol–water partition coefficient (Wildman–Crippen LogP) is 2.51. The van der Waals surface area contributed by atoms with Gasteiger partial charge in [-0.05, 0) is 43.2 Å². The van der Waals surface area contributed by atoms with E-state index in [4.69, 9.17) is 0 Å². The van der Waals surface area contributed by atoms with E-state index in [0.717, 1.165) is 12.1 Å². The maximum Gasteiger partial charge on any atom is 0.292 e. The molecule has 0 aromatic heterocycles. The van der Waals surface area contributed by atoms with Gasteiger partial charge in [-0.25, -0.2) is 17.5 Å². The molecule has 0 spiro atoms. The van der Waals surface area contributed by atoms with E-state index in [-0.39, 0.29) is 35.5 Å². The van der Waals surface area contributed by atoms with E-state index in [2.05, 4.69) is 10.0 Å². The molecule has 1 heterocycles. The molecule has 31 heavy (non-hydrogen) atoms. The first-order valence-corrected chi connectivity index (χ1v) is 11.3. The Morgan fingerprint density at radius 2 is 1.77 bits per heavy atom. The van der Waals surface area contributed by atoms with Crippen molar-refractivity contribution in [2.75, 3.05) is 25.0 Å². The van der Waals surface area contributed by atoms with Crippen LogP contribution in [-0.4, -0.2) is 49.8 Å². The number of amides is 1. The molecule has 1 aliphatic heterocycles. The zero-order chi connectivity index (χ0) is 22.4. The highest BCUT2D eigenvalue weighted by atomic mass is 32.2. The maximum atomic E-state index is 13.0. The highest BCUT2D eigenvalue weighted by Gasteiger charge is 2.26. The van der Waals surface area contributed by atoms with Gasteiger partial charge in [-0.2, -0.15) is 0 Å². The molecule has 0 atom stereocenters. The summed E-state index contributed by atoms with van der Waals surface area (Å²) in [6, 6.07) is 10.5. The van der Waals surface area contributed by atoms with Gasteiger partial charge in [-0.3, -0.25) is 14.9 Å². The molecule has 0 aliphatic carbocycles. The number of anilines is 1. The molecule has 2 aromatic rings. The third-order valence-electron chi connectivity index (χ3n) is 5.05. The van der Waals surface area contributed by atoms with E-state index in [1.807, 2.05) is 0 Å². The molecule has 3 rings (SSSR count). The van der Waals surface area contributed by atoms with Crippen molar-refractivity contribution >= 4 is 27.3 Å². The van der Waals surface area contributed by atoms with Gasteiger partial charge >= 0.3 is 0 Å².